The van der Waals surface area contributed by atoms with E-state index in [0.717, 1.165) is 23.4 Å². The number of aliphatic hydroxyl groups is 1. The summed E-state index contributed by atoms with van der Waals surface area (Å²) >= 11 is 7.25. The molecule has 36 heavy (non-hydrogen) atoms. The molecule has 10 heteroatoms. The van der Waals surface area contributed by atoms with Crippen LogP contribution in [-0.2, 0) is 21.2 Å². The largest absolute Gasteiger partial charge is 0.392 e. The molecular weight excluding hydrogens is 518 g/mol. The maximum Gasteiger partial charge on any atom is 0.263 e. The van der Waals surface area contributed by atoms with E-state index >= 15 is 0 Å². The molecule has 0 saturated heterocycles. The van der Waals surface area contributed by atoms with Gasteiger partial charge in [-0.2, -0.15) is 0 Å². The number of rotatable bonds is 6. The van der Waals surface area contributed by atoms with E-state index in [4.69, 9.17) is 18.0 Å². The second kappa shape index (κ2) is 9.97. The van der Waals surface area contributed by atoms with Gasteiger partial charge in [0.2, 0.25) is 5.91 Å². The van der Waals surface area contributed by atoms with Gasteiger partial charge in [0.15, 0.2) is 5.13 Å². The lowest BCUT2D eigenvalue weighted by Crippen LogP contribution is -2.53. The quantitative estimate of drug-likeness (QED) is 0.521. The van der Waals surface area contributed by atoms with Crippen molar-refractivity contribution in [3.05, 3.63) is 39.9 Å². The molecule has 0 aliphatic heterocycles. The lowest BCUT2D eigenvalue weighted by Gasteiger charge is -2.53. The lowest BCUT2D eigenvalue weighted by molar-refractivity contribution is -0.142. The molecule has 1 aromatic carbocycles. The number of fused-ring (bicyclic) bond motifs is 2. The van der Waals surface area contributed by atoms with E-state index < -0.39 is 16.1 Å². The van der Waals surface area contributed by atoms with Gasteiger partial charge in [0.25, 0.3) is 10.0 Å². The van der Waals surface area contributed by atoms with Crippen LogP contribution in [0.3, 0.4) is 0 Å². The van der Waals surface area contributed by atoms with Gasteiger partial charge in [-0.3, -0.25) is 9.52 Å². The minimum Gasteiger partial charge on any atom is -0.392 e. The van der Waals surface area contributed by atoms with Gasteiger partial charge in [0.1, 0.15) is 0 Å². The minimum atomic E-state index is -3.81. The normalized spacial score (nSPS) is 28.4. The molecule has 194 valence electrons. The fourth-order valence-corrected chi connectivity index (χ4v) is 8.75. The molecule has 7 nitrogen and oxygen atoms in total. The van der Waals surface area contributed by atoms with E-state index in [1.165, 1.54) is 40.5 Å². The molecule has 0 radical (unpaired) electrons. The summed E-state index contributed by atoms with van der Waals surface area (Å²) < 4.78 is 28.4. The molecule has 2 aliphatic rings. The third kappa shape index (κ3) is 4.89. The number of amides is 1. The van der Waals surface area contributed by atoms with Crippen LogP contribution in [0, 0.1) is 35.5 Å². The topological polar surface area (TPSA) is 99.6 Å². The second-order valence-corrected chi connectivity index (χ2v) is 13.6. The molecule has 6 unspecified atom stereocenters. The van der Waals surface area contributed by atoms with Gasteiger partial charge in [0, 0.05) is 28.8 Å². The molecule has 4 rings (SSSR count). The molecule has 1 aromatic heterocycles. The number of sulfonamides is 1. The molecule has 2 aliphatic carbocycles. The van der Waals surface area contributed by atoms with Crippen LogP contribution in [0.15, 0.2) is 29.2 Å². The fourth-order valence-electron chi connectivity index (χ4n) is 6.12. The van der Waals surface area contributed by atoms with E-state index in [2.05, 4.69) is 22.6 Å². The number of benzene rings is 1. The highest BCUT2D eigenvalue weighted by Gasteiger charge is 2.54. The summed E-state index contributed by atoms with van der Waals surface area (Å²) in [5.41, 5.74) is 0.647. The first-order valence-corrected chi connectivity index (χ1v) is 14.7. The summed E-state index contributed by atoms with van der Waals surface area (Å²) in [4.78, 5) is 20.3. The Hall–Kier alpha value is -2.12. The number of aromatic nitrogens is 1. The predicted octanol–water partition coefficient (Wildman–Crippen LogP) is 4.38. The van der Waals surface area contributed by atoms with Crippen molar-refractivity contribution in [1.82, 2.24) is 9.88 Å². The maximum atomic E-state index is 12.9. The Morgan fingerprint density at radius 1 is 1.42 bits per heavy atom. The lowest BCUT2D eigenvalue weighted by atomic mass is 9.53. The van der Waals surface area contributed by atoms with Crippen LogP contribution in [0.25, 0.3) is 0 Å². The first-order valence-electron chi connectivity index (χ1n) is 12.0. The highest BCUT2D eigenvalue weighted by atomic mass is 35.5. The van der Waals surface area contributed by atoms with Crippen LogP contribution in [0.1, 0.15) is 50.1 Å². The third-order valence-electron chi connectivity index (χ3n) is 8.00. The van der Waals surface area contributed by atoms with Gasteiger partial charge < -0.3 is 10.0 Å². The Morgan fingerprint density at radius 2 is 2.08 bits per heavy atom. The first-order chi connectivity index (χ1) is 16.9. The Bertz CT molecular complexity index is 1290. The van der Waals surface area contributed by atoms with Crippen LogP contribution in [0.4, 0.5) is 5.13 Å². The smallest absolute Gasteiger partial charge is 0.263 e. The average molecular weight is 550 g/mol. The summed E-state index contributed by atoms with van der Waals surface area (Å²) in [6.45, 7) is 6.34. The van der Waals surface area contributed by atoms with Crippen molar-refractivity contribution >= 4 is 44.0 Å². The molecule has 6 atom stereocenters. The number of aliphatic hydroxyl groups excluding tert-OH is 1. The van der Waals surface area contributed by atoms with Crippen LogP contribution >= 0.6 is 22.9 Å². The molecule has 1 fully saturated rings. The first kappa shape index (κ1) is 26.9. The zero-order valence-corrected chi connectivity index (χ0v) is 23.3. The summed E-state index contributed by atoms with van der Waals surface area (Å²) in [6, 6.07) is 5.97. The Morgan fingerprint density at radius 3 is 2.72 bits per heavy atom. The standard InChI is InChI=1S/C26H32ClN3O4S2/c1-6-13-30(5)24(32)15(2)19-11-12-26(4)14-20-22(16(3)21(26)23(19)31)28-25(35-20)29-36(33,34)18-9-7-17(27)8-10-18/h1,7-10,15-16,19,21,23,31H,11-14H2,2-5H3,(H,28,29). The van der Waals surface area contributed by atoms with Crippen molar-refractivity contribution in [2.24, 2.45) is 23.2 Å². The van der Waals surface area contributed by atoms with Crippen LogP contribution < -0.4 is 4.72 Å². The summed E-state index contributed by atoms with van der Waals surface area (Å²) in [5, 5.41) is 12.3. The zero-order chi connectivity index (χ0) is 26.4. The van der Waals surface area contributed by atoms with Crippen molar-refractivity contribution < 1.29 is 18.3 Å². The molecule has 0 spiro atoms. The van der Waals surface area contributed by atoms with Crippen molar-refractivity contribution in [1.29, 1.82) is 0 Å². The van der Waals surface area contributed by atoms with Gasteiger partial charge in [-0.25, -0.2) is 13.4 Å². The number of carbonyl (C=O) groups excluding carboxylic acids is 1. The Kier molecular flexibility index (Phi) is 7.46. The average Bonchev–Trinajstić information content (AvgIpc) is 3.19. The molecule has 1 heterocycles. The van der Waals surface area contributed by atoms with Crippen LogP contribution in [0.5, 0.6) is 0 Å². The highest BCUT2D eigenvalue weighted by Crippen LogP contribution is 2.57. The molecule has 1 saturated carbocycles. The number of nitrogens with one attached hydrogen (secondary N) is 1. The number of carbonyl (C=O) groups is 1. The molecular formula is C26H32ClN3O4S2. The number of halogens is 1. The van der Waals surface area contributed by atoms with E-state index in [0.29, 0.717) is 16.6 Å². The summed E-state index contributed by atoms with van der Waals surface area (Å²) in [6.07, 6.45) is 7.01. The SMILES string of the molecule is C#CCN(C)C(=O)C(C)C1CCC2(C)Cc3sc(NS(=O)(=O)c4ccc(Cl)cc4)nc3C(C)C2C1O. The van der Waals surface area contributed by atoms with Crippen molar-refractivity contribution in [2.45, 2.75) is 57.0 Å². The number of hydrogen-bond acceptors (Lipinski definition) is 6. The van der Waals surface area contributed by atoms with Gasteiger partial charge in [-0.05, 0) is 60.8 Å². The van der Waals surface area contributed by atoms with E-state index in [-0.39, 0.29) is 46.4 Å². The van der Waals surface area contributed by atoms with Gasteiger partial charge in [-0.15, -0.1) is 17.8 Å². The number of hydrogen-bond donors (Lipinski definition) is 2. The third-order valence-corrected chi connectivity index (χ3v) is 10.7. The van der Waals surface area contributed by atoms with Crippen LogP contribution in [0.2, 0.25) is 5.02 Å². The fraction of sp³-hybridized carbons (Fsp3) is 0.538. The zero-order valence-electron chi connectivity index (χ0n) is 20.9. The second-order valence-electron chi connectivity index (χ2n) is 10.4. The number of thiazole rings is 1. The maximum absolute atomic E-state index is 12.9. The van der Waals surface area contributed by atoms with Crippen molar-refractivity contribution in [3.63, 3.8) is 0 Å². The summed E-state index contributed by atoms with van der Waals surface area (Å²) in [5.74, 6) is 1.72. The predicted molar refractivity (Wildman–Crippen MR) is 142 cm³/mol. The van der Waals surface area contributed by atoms with E-state index in [1.54, 1.807) is 7.05 Å². The van der Waals surface area contributed by atoms with Gasteiger partial charge >= 0.3 is 0 Å². The highest BCUT2D eigenvalue weighted by molar-refractivity contribution is 7.93. The number of nitrogens with zero attached hydrogens (tertiary/aromatic N) is 2. The monoisotopic (exact) mass is 549 g/mol. The van der Waals surface area contributed by atoms with E-state index in [9.17, 15) is 18.3 Å². The van der Waals surface area contributed by atoms with Crippen molar-refractivity contribution in [3.8, 4) is 12.3 Å². The van der Waals surface area contributed by atoms with E-state index in [1.807, 2.05) is 13.8 Å². The van der Waals surface area contributed by atoms with Gasteiger partial charge in [0.05, 0.1) is 23.2 Å². The molecule has 1 amide bonds. The van der Waals surface area contributed by atoms with Crippen LogP contribution in [-0.4, -0.2) is 49.0 Å². The van der Waals surface area contributed by atoms with Crippen molar-refractivity contribution in [2.75, 3.05) is 18.3 Å². The van der Waals surface area contributed by atoms with Gasteiger partial charge in [-0.1, -0.05) is 38.3 Å². The number of anilines is 1. The molecule has 2 N–H and O–H groups in total. The molecule has 0 bridgehead atoms. The Balaban J connectivity index is 1.58. The number of terminal acetylenes is 1. The Labute approximate surface area is 222 Å². The molecule has 2 aromatic rings. The minimum absolute atomic E-state index is 0.0581. The summed E-state index contributed by atoms with van der Waals surface area (Å²) in [7, 11) is -2.12.